The maximum absolute atomic E-state index is 12.3. The lowest BCUT2D eigenvalue weighted by Gasteiger charge is -2.30. The van der Waals surface area contributed by atoms with Crippen molar-refractivity contribution in [3.63, 3.8) is 0 Å². The molecular weight excluding hydrogens is 338 g/mol. The largest absolute Gasteiger partial charge is 0.479 e. The first-order valence-electron chi connectivity index (χ1n) is 7.19. The van der Waals surface area contributed by atoms with Crippen LogP contribution in [0.2, 0.25) is 5.02 Å². The Kier molecular flexibility index (Phi) is 4.72. The van der Waals surface area contributed by atoms with Crippen LogP contribution in [-0.4, -0.2) is 67.9 Å². The summed E-state index contributed by atoms with van der Waals surface area (Å²) in [7, 11) is 0. The molecule has 24 heavy (non-hydrogen) atoms. The number of benzene rings is 1. The summed E-state index contributed by atoms with van der Waals surface area (Å²) >= 11 is 5.83. The molecule has 1 saturated heterocycles. The number of aromatic nitrogens is 4. The topological polar surface area (TPSA) is 110 Å². The third kappa shape index (κ3) is 3.69. The van der Waals surface area contributed by atoms with Crippen molar-refractivity contribution in [3.8, 4) is 11.4 Å². The SMILES string of the molecule is O=C(O)C1CN(C(=O)Cn2nnc(-c3ccc(Cl)cc3)n2)CCO1. The quantitative estimate of drug-likeness (QED) is 0.843. The van der Waals surface area contributed by atoms with Gasteiger partial charge in [-0.2, -0.15) is 4.80 Å². The number of rotatable bonds is 4. The third-order valence-corrected chi connectivity index (χ3v) is 3.78. The maximum atomic E-state index is 12.3. The molecule has 1 fully saturated rings. The molecule has 0 saturated carbocycles. The Bertz CT molecular complexity index is 748. The average molecular weight is 352 g/mol. The molecule has 1 aliphatic heterocycles. The van der Waals surface area contributed by atoms with Gasteiger partial charge in [-0.05, 0) is 29.5 Å². The van der Waals surface area contributed by atoms with Crippen molar-refractivity contribution in [1.29, 1.82) is 0 Å². The molecule has 3 rings (SSSR count). The highest BCUT2D eigenvalue weighted by Crippen LogP contribution is 2.17. The van der Waals surface area contributed by atoms with E-state index in [1.54, 1.807) is 24.3 Å². The lowest BCUT2D eigenvalue weighted by Crippen LogP contribution is -2.49. The summed E-state index contributed by atoms with van der Waals surface area (Å²) in [5.41, 5.74) is 0.732. The Morgan fingerprint density at radius 1 is 1.33 bits per heavy atom. The van der Waals surface area contributed by atoms with Crippen LogP contribution in [0.5, 0.6) is 0 Å². The Morgan fingerprint density at radius 3 is 2.79 bits per heavy atom. The normalized spacial score (nSPS) is 17.7. The monoisotopic (exact) mass is 351 g/mol. The molecule has 126 valence electrons. The number of carboxylic acids is 1. The first kappa shape index (κ1) is 16.3. The van der Waals surface area contributed by atoms with Gasteiger partial charge in [-0.1, -0.05) is 11.6 Å². The number of carbonyl (C=O) groups excluding carboxylic acids is 1. The molecule has 1 aliphatic rings. The van der Waals surface area contributed by atoms with Gasteiger partial charge in [0.2, 0.25) is 11.7 Å². The number of amides is 1. The Balaban J connectivity index is 1.65. The van der Waals surface area contributed by atoms with Gasteiger partial charge in [-0.25, -0.2) is 4.79 Å². The molecule has 10 heteroatoms. The van der Waals surface area contributed by atoms with E-state index in [1.165, 1.54) is 9.70 Å². The van der Waals surface area contributed by atoms with E-state index in [1.807, 2.05) is 0 Å². The standard InChI is InChI=1S/C14H14ClN5O4/c15-10-3-1-9(2-4-10)13-16-18-20(17-13)8-12(21)19-5-6-24-11(7-19)14(22)23/h1-4,11H,5-8H2,(H,22,23). The number of hydrogen-bond acceptors (Lipinski definition) is 6. The Morgan fingerprint density at radius 2 is 2.08 bits per heavy atom. The summed E-state index contributed by atoms with van der Waals surface area (Å²) < 4.78 is 5.09. The molecule has 1 aromatic carbocycles. The Labute approximate surface area is 141 Å². The van der Waals surface area contributed by atoms with E-state index in [0.717, 1.165) is 5.56 Å². The van der Waals surface area contributed by atoms with E-state index in [2.05, 4.69) is 15.4 Å². The van der Waals surface area contributed by atoms with E-state index >= 15 is 0 Å². The van der Waals surface area contributed by atoms with E-state index in [-0.39, 0.29) is 25.6 Å². The van der Waals surface area contributed by atoms with Crippen LogP contribution < -0.4 is 0 Å². The highest BCUT2D eigenvalue weighted by atomic mass is 35.5. The molecule has 2 aromatic rings. The molecule has 1 amide bonds. The van der Waals surface area contributed by atoms with Crippen molar-refractivity contribution < 1.29 is 19.4 Å². The number of tetrazole rings is 1. The number of aliphatic carboxylic acids is 1. The predicted molar refractivity (Wildman–Crippen MR) is 82.2 cm³/mol. The van der Waals surface area contributed by atoms with E-state index in [0.29, 0.717) is 17.4 Å². The zero-order valence-corrected chi connectivity index (χ0v) is 13.3. The van der Waals surface area contributed by atoms with Crippen LogP contribution in [0.3, 0.4) is 0 Å². The van der Waals surface area contributed by atoms with Gasteiger partial charge in [-0.15, -0.1) is 10.2 Å². The van der Waals surface area contributed by atoms with Crippen LogP contribution in [0, 0.1) is 0 Å². The van der Waals surface area contributed by atoms with Crippen LogP contribution in [-0.2, 0) is 20.9 Å². The molecule has 0 bridgehead atoms. The van der Waals surface area contributed by atoms with Gasteiger partial charge in [0.1, 0.15) is 6.54 Å². The number of ether oxygens (including phenoxy) is 1. The van der Waals surface area contributed by atoms with Gasteiger partial charge >= 0.3 is 5.97 Å². The molecule has 1 unspecified atom stereocenters. The van der Waals surface area contributed by atoms with Crippen LogP contribution in [0.4, 0.5) is 0 Å². The van der Waals surface area contributed by atoms with Gasteiger partial charge < -0.3 is 14.7 Å². The lowest BCUT2D eigenvalue weighted by atomic mass is 10.2. The van der Waals surface area contributed by atoms with Crippen LogP contribution in [0.1, 0.15) is 0 Å². The predicted octanol–water partition coefficient (Wildman–Crippen LogP) is 0.306. The highest BCUT2D eigenvalue weighted by Gasteiger charge is 2.29. The number of carbonyl (C=O) groups is 2. The smallest absolute Gasteiger partial charge is 0.334 e. The minimum atomic E-state index is -1.09. The summed E-state index contributed by atoms with van der Waals surface area (Å²) in [6.45, 7) is 0.407. The van der Waals surface area contributed by atoms with Crippen molar-refractivity contribution in [2.24, 2.45) is 0 Å². The van der Waals surface area contributed by atoms with Crippen LogP contribution >= 0.6 is 11.6 Å². The molecule has 1 atom stereocenters. The fourth-order valence-corrected chi connectivity index (χ4v) is 2.40. The van der Waals surface area contributed by atoms with Crippen molar-refractivity contribution in [3.05, 3.63) is 29.3 Å². The van der Waals surface area contributed by atoms with Crippen molar-refractivity contribution in [2.75, 3.05) is 19.7 Å². The molecule has 0 spiro atoms. The van der Waals surface area contributed by atoms with Crippen molar-refractivity contribution in [2.45, 2.75) is 12.6 Å². The minimum absolute atomic E-state index is 0.00685. The van der Waals surface area contributed by atoms with Crippen molar-refractivity contribution in [1.82, 2.24) is 25.1 Å². The summed E-state index contributed by atoms with van der Waals surface area (Å²) in [5, 5.41) is 21.5. The van der Waals surface area contributed by atoms with E-state index in [4.69, 9.17) is 21.4 Å². The van der Waals surface area contributed by atoms with Gasteiger partial charge in [0.05, 0.1) is 13.2 Å². The molecule has 1 aromatic heterocycles. The van der Waals surface area contributed by atoms with E-state index in [9.17, 15) is 9.59 Å². The molecule has 1 N–H and O–H groups in total. The zero-order chi connectivity index (χ0) is 17.1. The van der Waals surface area contributed by atoms with Gasteiger partial charge in [0, 0.05) is 17.1 Å². The van der Waals surface area contributed by atoms with Crippen molar-refractivity contribution >= 4 is 23.5 Å². The van der Waals surface area contributed by atoms with Gasteiger partial charge in [0.25, 0.3) is 0 Å². The number of nitrogens with zero attached hydrogens (tertiary/aromatic N) is 5. The second kappa shape index (κ2) is 6.93. The molecular formula is C14H14ClN5O4. The fourth-order valence-electron chi connectivity index (χ4n) is 2.27. The lowest BCUT2D eigenvalue weighted by molar-refractivity contribution is -0.159. The van der Waals surface area contributed by atoms with Gasteiger partial charge in [0.15, 0.2) is 6.10 Å². The van der Waals surface area contributed by atoms with E-state index < -0.39 is 12.1 Å². The molecule has 9 nitrogen and oxygen atoms in total. The zero-order valence-electron chi connectivity index (χ0n) is 12.5. The number of hydrogen-bond donors (Lipinski definition) is 1. The number of morpholine rings is 1. The molecule has 2 heterocycles. The van der Waals surface area contributed by atoms with Crippen LogP contribution in [0.25, 0.3) is 11.4 Å². The maximum Gasteiger partial charge on any atom is 0.334 e. The molecule has 0 aliphatic carbocycles. The summed E-state index contributed by atoms with van der Waals surface area (Å²) in [6, 6.07) is 6.93. The summed E-state index contributed by atoms with van der Waals surface area (Å²) in [5.74, 6) is -0.995. The third-order valence-electron chi connectivity index (χ3n) is 3.53. The van der Waals surface area contributed by atoms with Crippen LogP contribution in [0.15, 0.2) is 24.3 Å². The second-order valence-electron chi connectivity index (χ2n) is 5.19. The summed E-state index contributed by atoms with van der Waals surface area (Å²) in [6.07, 6.45) is -1.00. The minimum Gasteiger partial charge on any atom is -0.479 e. The second-order valence-corrected chi connectivity index (χ2v) is 5.62. The first-order chi connectivity index (χ1) is 11.5. The Hall–Kier alpha value is -2.52. The molecule has 0 radical (unpaired) electrons. The average Bonchev–Trinajstić information content (AvgIpc) is 3.04. The first-order valence-corrected chi connectivity index (χ1v) is 7.56. The number of halogens is 1. The van der Waals surface area contributed by atoms with Gasteiger partial charge in [-0.3, -0.25) is 4.79 Å². The highest BCUT2D eigenvalue weighted by molar-refractivity contribution is 6.30. The summed E-state index contributed by atoms with van der Waals surface area (Å²) in [4.78, 5) is 25.8. The number of carboxylic acid groups (broad SMARTS) is 1. The fraction of sp³-hybridized carbons (Fsp3) is 0.357.